The number of nitrogens with one attached hydrogen (secondary N) is 1. The molecule has 0 aliphatic rings. The Morgan fingerprint density at radius 2 is 2.12 bits per heavy atom. The molecule has 0 spiro atoms. The molecule has 0 saturated carbocycles. The van der Waals surface area contributed by atoms with E-state index in [2.05, 4.69) is 21.2 Å². The lowest BCUT2D eigenvalue weighted by Crippen LogP contribution is -2.31. The second kappa shape index (κ2) is 5.94. The van der Waals surface area contributed by atoms with E-state index in [4.69, 9.17) is 4.74 Å². The van der Waals surface area contributed by atoms with Gasteiger partial charge in [0.15, 0.2) is 0 Å². The summed E-state index contributed by atoms with van der Waals surface area (Å²) in [7, 11) is 3.50. The highest BCUT2D eigenvalue weighted by Crippen LogP contribution is 2.30. The van der Waals surface area contributed by atoms with E-state index in [1.165, 1.54) is 0 Å². The maximum atomic E-state index is 14.0. The Morgan fingerprint density at radius 3 is 2.65 bits per heavy atom. The third-order valence-corrected chi connectivity index (χ3v) is 3.57. The minimum Gasteiger partial charge on any atom is -0.379 e. The number of hydrogen-bond donors (Lipinski definition) is 1. The molecule has 0 aliphatic carbocycles. The molecule has 0 aromatic heterocycles. The number of rotatable bonds is 5. The van der Waals surface area contributed by atoms with Crippen molar-refractivity contribution in [2.75, 3.05) is 14.2 Å². The fourth-order valence-electron chi connectivity index (χ4n) is 1.73. The van der Waals surface area contributed by atoms with Crippen LogP contribution in [0.3, 0.4) is 0 Å². The molecule has 96 valence electrons. The molecule has 4 heteroatoms. The molecule has 0 aliphatic heterocycles. The first kappa shape index (κ1) is 14.6. The molecule has 0 radical (unpaired) electrons. The fraction of sp³-hybridized carbons (Fsp3) is 0.538. The maximum absolute atomic E-state index is 14.0. The predicted molar refractivity (Wildman–Crippen MR) is 71.6 cm³/mol. The largest absolute Gasteiger partial charge is 0.379 e. The van der Waals surface area contributed by atoms with Gasteiger partial charge in [0.2, 0.25) is 0 Å². The van der Waals surface area contributed by atoms with Crippen LogP contribution in [0.15, 0.2) is 22.7 Å². The van der Waals surface area contributed by atoms with Gasteiger partial charge in [-0.15, -0.1) is 0 Å². The van der Waals surface area contributed by atoms with Gasteiger partial charge < -0.3 is 10.1 Å². The van der Waals surface area contributed by atoms with Crippen molar-refractivity contribution in [3.05, 3.63) is 34.1 Å². The van der Waals surface area contributed by atoms with Crippen molar-refractivity contribution < 1.29 is 9.13 Å². The first-order chi connectivity index (χ1) is 7.91. The Bertz CT molecular complexity index is 382. The second-order valence-electron chi connectivity index (χ2n) is 4.65. The molecule has 0 fully saturated rings. The van der Waals surface area contributed by atoms with Gasteiger partial charge in [-0.1, -0.05) is 12.1 Å². The van der Waals surface area contributed by atoms with Crippen LogP contribution in [-0.4, -0.2) is 19.8 Å². The van der Waals surface area contributed by atoms with Crippen molar-refractivity contribution in [1.82, 2.24) is 5.32 Å². The van der Waals surface area contributed by atoms with Gasteiger partial charge in [0, 0.05) is 18.7 Å². The summed E-state index contributed by atoms with van der Waals surface area (Å²) in [6, 6.07) is 5.27. The third kappa shape index (κ3) is 3.76. The molecule has 1 N–H and O–H groups in total. The summed E-state index contributed by atoms with van der Waals surface area (Å²) >= 11 is 3.21. The summed E-state index contributed by atoms with van der Waals surface area (Å²) in [6.45, 7) is 3.99. The van der Waals surface area contributed by atoms with Crippen molar-refractivity contribution in [3.63, 3.8) is 0 Å². The zero-order valence-corrected chi connectivity index (χ0v) is 12.3. The van der Waals surface area contributed by atoms with Crippen molar-refractivity contribution in [2.45, 2.75) is 31.9 Å². The highest BCUT2D eigenvalue weighted by atomic mass is 79.9. The van der Waals surface area contributed by atoms with Gasteiger partial charge in [-0.05, 0) is 49.3 Å². The van der Waals surface area contributed by atoms with E-state index in [-0.39, 0.29) is 17.5 Å². The highest BCUT2D eigenvalue weighted by molar-refractivity contribution is 9.10. The summed E-state index contributed by atoms with van der Waals surface area (Å²) in [4.78, 5) is 0. The normalized spacial score (nSPS) is 13.8. The van der Waals surface area contributed by atoms with Crippen LogP contribution >= 0.6 is 15.9 Å². The van der Waals surface area contributed by atoms with E-state index in [0.717, 1.165) is 0 Å². The van der Waals surface area contributed by atoms with Gasteiger partial charge in [-0.2, -0.15) is 0 Å². The lowest BCUT2D eigenvalue weighted by Gasteiger charge is -2.29. The van der Waals surface area contributed by atoms with Crippen LogP contribution in [0.1, 0.15) is 31.9 Å². The molecule has 0 bridgehead atoms. The van der Waals surface area contributed by atoms with Crippen LogP contribution in [-0.2, 0) is 4.74 Å². The average Bonchev–Trinajstić information content (AvgIpc) is 2.30. The molecule has 0 heterocycles. The molecule has 2 nitrogen and oxygen atoms in total. The minimum absolute atomic E-state index is 0.0672. The highest BCUT2D eigenvalue weighted by Gasteiger charge is 2.25. The fourth-order valence-corrected chi connectivity index (χ4v) is 2.11. The number of methoxy groups -OCH3 is 1. The predicted octanol–water partition coefficient (Wildman–Crippen LogP) is 3.66. The van der Waals surface area contributed by atoms with Gasteiger partial charge >= 0.3 is 0 Å². The van der Waals surface area contributed by atoms with Gasteiger partial charge in [0.25, 0.3) is 0 Å². The molecule has 1 aromatic carbocycles. The first-order valence-corrected chi connectivity index (χ1v) is 6.37. The summed E-state index contributed by atoms with van der Waals surface area (Å²) in [5.74, 6) is -0.209. The number of hydrogen-bond acceptors (Lipinski definition) is 2. The molecule has 1 aromatic rings. The third-order valence-electron chi connectivity index (χ3n) is 2.95. The van der Waals surface area contributed by atoms with E-state index in [0.29, 0.717) is 16.5 Å². The second-order valence-corrected chi connectivity index (χ2v) is 5.51. The van der Waals surface area contributed by atoms with Crippen LogP contribution in [0.5, 0.6) is 0 Å². The number of halogens is 2. The Balaban J connectivity index is 2.98. The summed E-state index contributed by atoms with van der Waals surface area (Å²) < 4.78 is 19.9. The van der Waals surface area contributed by atoms with Gasteiger partial charge in [-0.3, -0.25) is 0 Å². The van der Waals surface area contributed by atoms with E-state index in [9.17, 15) is 4.39 Å². The molecule has 1 atom stereocenters. The van der Waals surface area contributed by atoms with E-state index in [1.807, 2.05) is 27.0 Å². The molecular formula is C13H19BrFNO. The maximum Gasteiger partial charge on any atom is 0.142 e. The van der Waals surface area contributed by atoms with Crippen LogP contribution in [0.25, 0.3) is 0 Å². The van der Waals surface area contributed by atoms with E-state index < -0.39 is 0 Å². The molecule has 0 saturated heterocycles. The van der Waals surface area contributed by atoms with Crippen LogP contribution < -0.4 is 5.32 Å². The summed E-state index contributed by atoms with van der Waals surface area (Å²) in [5, 5.41) is 3.14. The van der Waals surface area contributed by atoms with Crippen molar-refractivity contribution in [2.24, 2.45) is 0 Å². The zero-order valence-electron chi connectivity index (χ0n) is 10.7. The number of ether oxygens (including phenoxy) is 1. The van der Waals surface area contributed by atoms with E-state index >= 15 is 0 Å². The van der Waals surface area contributed by atoms with Crippen LogP contribution in [0.4, 0.5) is 4.39 Å². The van der Waals surface area contributed by atoms with Crippen molar-refractivity contribution >= 4 is 15.9 Å². The van der Waals surface area contributed by atoms with E-state index in [1.54, 1.807) is 19.2 Å². The van der Waals surface area contributed by atoms with Crippen LogP contribution in [0.2, 0.25) is 0 Å². The first-order valence-electron chi connectivity index (χ1n) is 5.57. The van der Waals surface area contributed by atoms with Gasteiger partial charge in [-0.25, -0.2) is 4.39 Å². The molecule has 1 rings (SSSR count). The van der Waals surface area contributed by atoms with Crippen LogP contribution in [0, 0.1) is 5.82 Å². The van der Waals surface area contributed by atoms with Gasteiger partial charge in [0.1, 0.15) is 5.82 Å². The molecule has 0 amide bonds. The molecule has 1 unspecified atom stereocenters. The lowest BCUT2D eigenvalue weighted by molar-refractivity contribution is 0.00718. The smallest absolute Gasteiger partial charge is 0.142 e. The average molecular weight is 304 g/mol. The summed E-state index contributed by atoms with van der Waals surface area (Å²) in [5.41, 5.74) is 0.370. The zero-order chi connectivity index (χ0) is 13.1. The quantitative estimate of drug-likeness (QED) is 0.896. The molecule has 17 heavy (non-hydrogen) atoms. The molecular weight excluding hydrogens is 285 g/mol. The monoisotopic (exact) mass is 303 g/mol. The van der Waals surface area contributed by atoms with Gasteiger partial charge in [0.05, 0.1) is 10.1 Å². The Kier molecular flexibility index (Phi) is 5.10. The SMILES string of the molecule is CNC(CC(C)(C)OC)c1cccc(Br)c1F. The standard InChI is InChI=1S/C13H19BrFNO/c1-13(2,17-4)8-11(16-3)9-6-5-7-10(14)12(9)15/h5-7,11,16H,8H2,1-4H3. The van der Waals surface area contributed by atoms with Crippen molar-refractivity contribution in [3.8, 4) is 0 Å². The summed E-state index contributed by atoms with van der Waals surface area (Å²) in [6.07, 6.45) is 0.702. The Hall–Kier alpha value is -0.450. The minimum atomic E-state index is -0.289. The Labute approximate surface area is 111 Å². The Morgan fingerprint density at radius 1 is 1.47 bits per heavy atom. The topological polar surface area (TPSA) is 21.3 Å². The lowest BCUT2D eigenvalue weighted by atomic mass is 9.93. The number of benzene rings is 1. The van der Waals surface area contributed by atoms with Crippen molar-refractivity contribution in [1.29, 1.82) is 0 Å².